The van der Waals surface area contributed by atoms with Gasteiger partial charge in [-0.3, -0.25) is 4.79 Å². The van der Waals surface area contributed by atoms with Crippen LogP contribution in [0.4, 0.5) is 4.39 Å². The molecule has 0 aliphatic heterocycles. The maximum Gasteiger partial charge on any atom is 0.203 e. The number of ketones is 1. The molecule has 0 atom stereocenters. The van der Waals surface area contributed by atoms with Gasteiger partial charge in [0.2, 0.25) is 5.78 Å². The second-order valence-corrected chi connectivity index (χ2v) is 4.56. The van der Waals surface area contributed by atoms with Crippen molar-refractivity contribution in [2.75, 3.05) is 7.11 Å². The van der Waals surface area contributed by atoms with Crippen molar-refractivity contribution in [1.82, 2.24) is 0 Å². The van der Waals surface area contributed by atoms with E-state index >= 15 is 0 Å². The lowest BCUT2D eigenvalue weighted by Crippen LogP contribution is -1.99. The van der Waals surface area contributed by atoms with E-state index in [-0.39, 0.29) is 11.6 Å². The van der Waals surface area contributed by atoms with Gasteiger partial charge in [-0.05, 0) is 18.6 Å². The molecular formula is C13H11FO2S. The zero-order valence-electron chi connectivity index (χ0n) is 9.49. The Balaban J connectivity index is 2.33. The number of methoxy groups -OCH3 is 1. The third kappa shape index (κ3) is 2.36. The first kappa shape index (κ1) is 11.8. The van der Waals surface area contributed by atoms with E-state index < -0.39 is 0 Å². The average molecular weight is 250 g/mol. The number of carbonyl (C=O) groups is 1. The van der Waals surface area contributed by atoms with Gasteiger partial charge in [0.05, 0.1) is 12.0 Å². The molecule has 0 aliphatic rings. The fraction of sp³-hybridized carbons (Fsp3) is 0.154. The molecule has 0 unspecified atom stereocenters. The molecule has 2 nitrogen and oxygen atoms in total. The molecule has 88 valence electrons. The lowest BCUT2D eigenvalue weighted by atomic mass is 10.1. The summed E-state index contributed by atoms with van der Waals surface area (Å²) in [6.45, 7) is 1.66. The average Bonchev–Trinajstić information content (AvgIpc) is 2.80. The van der Waals surface area contributed by atoms with Crippen molar-refractivity contribution >= 4 is 17.1 Å². The Morgan fingerprint density at radius 1 is 1.35 bits per heavy atom. The Kier molecular flexibility index (Phi) is 3.24. The molecule has 0 amide bonds. The van der Waals surface area contributed by atoms with Crippen LogP contribution in [0.3, 0.4) is 0 Å². The number of ether oxygens (including phenoxy) is 1. The van der Waals surface area contributed by atoms with Crippen molar-refractivity contribution in [1.29, 1.82) is 0 Å². The smallest absolute Gasteiger partial charge is 0.203 e. The standard InChI is InChI=1S/C13H11FO2S/c1-8-3-4-9(5-11(8)14)13(15)12-6-10(16-2)7-17-12/h3-7H,1-2H3. The molecule has 4 heteroatoms. The number of benzene rings is 1. The quantitative estimate of drug-likeness (QED) is 0.780. The van der Waals surface area contributed by atoms with Crippen LogP contribution in [0, 0.1) is 12.7 Å². The Bertz CT molecular complexity index is 560. The summed E-state index contributed by atoms with van der Waals surface area (Å²) in [6.07, 6.45) is 0. The van der Waals surface area contributed by atoms with Crippen LogP contribution in [0.15, 0.2) is 29.6 Å². The SMILES string of the molecule is COc1csc(C(=O)c2ccc(C)c(F)c2)c1. The predicted molar refractivity (Wildman–Crippen MR) is 65.4 cm³/mol. The lowest BCUT2D eigenvalue weighted by molar-refractivity contribution is 0.104. The van der Waals surface area contributed by atoms with Gasteiger partial charge in [-0.2, -0.15) is 0 Å². The van der Waals surface area contributed by atoms with Crippen LogP contribution in [0.25, 0.3) is 0 Å². The largest absolute Gasteiger partial charge is 0.496 e. The van der Waals surface area contributed by atoms with E-state index in [9.17, 15) is 9.18 Å². The normalized spacial score (nSPS) is 10.3. The second-order valence-electron chi connectivity index (χ2n) is 3.64. The summed E-state index contributed by atoms with van der Waals surface area (Å²) < 4.78 is 18.4. The van der Waals surface area contributed by atoms with Gasteiger partial charge >= 0.3 is 0 Å². The Morgan fingerprint density at radius 3 is 2.71 bits per heavy atom. The molecular weight excluding hydrogens is 239 g/mol. The lowest BCUT2D eigenvalue weighted by Gasteiger charge is -2.00. The Morgan fingerprint density at radius 2 is 2.12 bits per heavy atom. The molecule has 0 saturated carbocycles. The first-order chi connectivity index (χ1) is 8.11. The van der Waals surface area contributed by atoms with Gasteiger partial charge in [-0.15, -0.1) is 11.3 Å². The van der Waals surface area contributed by atoms with Gasteiger partial charge in [-0.1, -0.05) is 12.1 Å². The van der Waals surface area contributed by atoms with E-state index in [0.29, 0.717) is 21.8 Å². The summed E-state index contributed by atoms with van der Waals surface area (Å²) in [4.78, 5) is 12.6. The Labute approximate surface area is 103 Å². The van der Waals surface area contributed by atoms with Crippen LogP contribution in [0.5, 0.6) is 5.75 Å². The highest BCUT2D eigenvalue weighted by Gasteiger charge is 2.13. The molecule has 0 fully saturated rings. The highest BCUT2D eigenvalue weighted by Crippen LogP contribution is 2.24. The highest BCUT2D eigenvalue weighted by molar-refractivity contribution is 7.12. The zero-order valence-corrected chi connectivity index (χ0v) is 10.3. The fourth-order valence-corrected chi connectivity index (χ4v) is 2.24. The third-order valence-electron chi connectivity index (χ3n) is 2.47. The van der Waals surface area contributed by atoms with Crippen molar-refractivity contribution in [2.45, 2.75) is 6.92 Å². The molecule has 2 aromatic rings. The minimum atomic E-state index is -0.362. The molecule has 0 aliphatic carbocycles. The summed E-state index contributed by atoms with van der Waals surface area (Å²) in [6, 6.07) is 6.16. The molecule has 0 saturated heterocycles. The molecule has 17 heavy (non-hydrogen) atoms. The van der Waals surface area contributed by atoms with Crippen LogP contribution in [0.1, 0.15) is 20.8 Å². The molecule has 0 N–H and O–H groups in total. The van der Waals surface area contributed by atoms with Gasteiger partial charge in [-0.25, -0.2) is 4.39 Å². The second kappa shape index (κ2) is 4.67. The Hall–Kier alpha value is -1.68. The van der Waals surface area contributed by atoms with Gasteiger partial charge in [0.25, 0.3) is 0 Å². The zero-order chi connectivity index (χ0) is 12.4. The van der Waals surface area contributed by atoms with Gasteiger partial charge in [0.1, 0.15) is 11.6 Å². The highest BCUT2D eigenvalue weighted by atomic mass is 32.1. The first-order valence-electron chi connectivity index (χ1n) is 5.05. The van der Waals surface area contributed by atoms with Crippen LogP contribution in [-0.4, -0.2) is 12.9 Å². The first-order valence-corrected chi connectivity index (χ1v) is 5.93. The number of hydrogen-bond acceptors (Lipinski definition) is 3. The minimum absolute atomic E-state index is 0.183. The van der Waals surface area contributed by atoms with Crippen LogP contribution in [0.2, 0.25) is 0 Å². The molecule has 1 heterocycles. The van der Waals surface area contributed by atoms with E-state index in [1.165, 1.54) is 17.4 Å². The summed E-state index contributed by atoms with van der Waals surface area (Å²) in [5.41, 5.74) is 0.892. The molecule has 2 rings (SSSR count). The van der Waals surface area contributed by atoms with Crippen LogP contribution >= 0.6 is 11.3 Å². The number of aryl methyl sites for hydroxylation is 1. The third-order valence-corrected chi connectivity index (χ3v) is 3.38. The van der Waals surface area contributed by atoms with E-state index in [1.54, 1.807) is 37.6 Å². The van der Waals surface area contributed by atoms with Crippen molar-refractivity contribution in [2.24, 2.45) is 0 Å². The number of halogens is 1. The van der Waals surface area contributed by atoms with Crippen molar-refractivity contribution in [3.63, 3.8) is 0 Å². The maximum absolute atomic E-state index is 13.4. The summed E-state index contributed by atoms with van der Waals surface area (Å²) >= 11 is 1.29. The van der Waals surface area contributed by atoms with Crippen LogP contribution < -0.4 is 4.74 Å². The van der Waals surface area contributed by atoms with Gasteiger partial charge < -0.3 is 4.74 Å². The monoisotopic (exact) mass is 250 g/mol. The number of rotatable bonds is 3. The van der Waals surface area contributed by atoms with E-state index in [2.05, 4.69) is 0 Å². The topological polar surface area (TPSA) is 26.3 Å². The minimum Gasteiger partial charge on any atom is -0.496 e. The molecule has 0 bridgehead atoms. The van der Waals surface area contributed by atoms with Crippen molar-refractivity contribution < 1.29 is 13.9 Å². The predicted octanol–water partition coefficient (Wildman–Crippen LogP) is 3.44. The number of carbonyl (C=O) groups excluding carboxylic acids is 1. The van der Waals surface area contributed by atoms with Crippen molar-refractivity contribution in [3.8, 4) is 5.75 Å². The number of thiophene rings is 1. The van der Waals surface area contributed by atoms with Crippen LogP contribution in [-0.2, 0) is 0 Å². The van der Waals surface area contributed by atoms with Gasteiger partial charge in [0.15, 0.2) is 0 Å². The molecule has 1 aromatic carbocycles. The summed E-state index contributed by atoms with van der Waals surface area (Å²) in [5.74, 6) is 0.0995. The summed E-state index contributed by atoms with van der Waals surface area (Å²) in [5, 5.41) is 1.75. The van der Waals surface area contributed by atoms with E-state index in [4.69, 9.17) is 4.74 Å². The summed E-state index contributed by atoms with van der Waals surface area (Å²) in [7, 11) is 1.54. The molecule has 1 aromatic heterocycles. The maximum atomic E-state index is 13.4. The molecule has 0 spiro atoms. The van der Waals surface area contributed by atoms with E-state index in [1.807, 2.05) is 0 Å². The molecule has 0 radical (unpaired) electrons. The van der Waals surface area contributed by atoms with Crippen molar-refractivity contribution in [3.05, 3.63) is 51.5 Å². The van der Waals surface area contributed by atoms with E-state index in [0.717, 1.165) is 0 Å². The fourth-order valence-electron chi connectivity index (χ4n) is 1.42. The number of hydrogen-bond donors (Lipinski definition) is 0. The van der Waals surface area contributed by atoms with Gasteiger partial charge in [0, 0.05) is 17.0 Å².